The highest BCUT2D eigenvalue weighted by molar-refractivity contribution is 6.07. The van der Waals surface area contributed by atoms with Crippen LogP contribution in [0.1, 0.15) is 21.5 Å². The topological polar surface area (TPSA) is 40.9 Å². The lowest BCUT2D eigenvalue weighted by atomic mass is 10.0. The van der Waals surface area contributed by atoms with Crippen molar-refractivity contribution in [3.8, 4) is 6.07 Å². The summed E-state index contributed by atoms with van der Waals surface area (Å²) in [6, 6.07) is 22.9. The molecule has 0 spiro atoms. The molecule has 0 unspecified atom stereocenters. The molecule has 0 aliphatic carbocycles. The van der Waals surface area contributed by atoms with Crippen LogP contribution in [0.15, 0.2) is 72.8 Å². The van der Waals surface area contributed by atoms with Crippen LogP contribution in [0.25, 0.3) is 16.8 Å². The maximum atomic E-state index is 12.2. The Kier molecular flexibility index (Phi) is 3.80. The van der Waals surface area contributed by atoms with Crippen LogP contribution >= 0.6 is 0 Å². The van der Waals surface area contributed by atoms with Gasteiger partial charge in [-0.25, -0.2) is 0 Å². The number of carbonyl (C=O) groups excluding carboxylic acids is 1. The smallest absolute Gasteiger partial charge is 0.185 e. The van der Waals surface area contributed by atoms with Gasteiger partial charge >= 0.3 is 0 Å². The molecule has 0 heterocycles. The average molecular weight is 283 g/mol. The van der Waals surface area contributed by atoms with Crippen molar-refractivity contribution in [1.29, 1.82) is 5.26 Å². The zero-order valence-corrected chi connectivity index (χ0v) is 11.9. The van der Waals surface area contributed by atoms with E-state index in [0.717, 1.165) is 10.9 Å². The van der Waals surface area contributed by atoms with Gasteiger partial charge in [-0.15, -0.1) is 0 Å². The minimum absolute atomic E-state index is 0.106. The molecule has 0 aromatic heterocycles. The van der Waals surface area contributed by atoms with Gasteiger partial charge < -0.3 is 0 Å². The number of nitriles is 1. The third-order valence-corrected chi connectivity index (χ3v) is 3.48. The molecule has 0 aliphatic rings. The summed E-state index contributed by atoms with van der Waals surface area (Å²) < 4.78 is 0. The Bertz CT molecular complexity index is 916. The first-order valence-corrected chi connectivity index (χ1v) is 6.98. The molecule has 0 aliphatic heterocycles. The molecule has 2 nitrogen and oxygen atoms in total. The van der Waals surface area contributed by atoms with Crippen molar-refractivity contribution in [1.82, 2.24) is 0 Å². The predicted molar refractivity (Wildman–Crippen MR) is 88.5 cm³/mol. The molecule has 0 saturated carbocycles. The number of nitrogens with zero attached hydrogens (tertiary/aromatic N) is 1. The van der Waals surface area contributed by atoms with E-state index in [-0.39, 0.29) is 5.78 Å². The third-order valence-electron chi connectivity index (χ3n) is 3.48. The van der Waals surface area contributed by atoms with Gasteiger partial charge in [-0.1, -0.05) is 54.6 Å². The average Bonchev–Trinajstić information content (AvgIpc) is 2.59. The van der Waals surface area contributed by atoms with Gasteiger partial charge in [0.25, 0.3) is 0 Å². The van der Waals surface area contributed by atoms with Crippen molar-refractivity contribution < 1.29 is 4.79 Å². The number of fused-ring (bicyclic) bond motifs is 1. The van der Waals surface area contributed by atoms with Crippen LogP contribution in [0.4, 0.5) is 0 Å². The van der Waals surface area contributed by atoms with Crippen molar-refractivity contribution in [2.24, 2.45) is 0 Å². The molecule has 0 fully saturated rings. The van der Waals surface area contributed by atoms with E-state index in [1.807, 2.05) is 42.5 Å². The predicted octanol–water partition coefficient (Wildman–Crippen LogP) is 4.61. The second-order valence-electron chi connectivity index (χ2n) is 5.00. The standard InChI is InChI=1S/C20H13NO/c21-14-16-4-3-7-19(13-16)20(22)11-9-15-8-10-17-5-1-2-6-18(17)12-15/h1-13H/b11-9+. The summed E-state index contributed by atoms with van der Waals surface area (Å²) in [6.07, 6.45) is 3.34. The molecule has 3 rings (SSSR count). The van der Waals surface area contributed by atoms with E-state index in [0.29, 0.717) is 11.1 Å². The fraction of sp³-hybridized carbons (Fsp3) is 0. The van der Waals surface area contributed by atoms with Crippen molar-refractivity contribution in [3.05, 3.63) is 89.5 Å². The molecular formula is C20H13NO. The maximum absolute atomic E-state index is 12.2. The number of allylic oxidation sites excluding steroid dienone is 1. The zero-order chi connectivity index (χ0) is 15.4. The van der Waals surface area contributed by atoms with E-state index in [2.05, 4.69) is 6.07 Å². The van der Waals surface area contributed by atoms with Crippen LogP contribution < -0.4 is 0 Å². The fourth-order valence-corrected chi connectivity index (χ4v) is 2.32. The first-order valence-electron chi connectivity index (χ1n) is 6.98. The largest absolute Gasteiger partial charge is 0.289 e. The first-order chi connectivity index (χ1) is 10.8. The van der Waals surface area contributed by atoms with Gasteiger partial charge in [0.05, 0.1) is 11.6 Å². The third kappa shape index (κ3) is 2.94. The Morgan fingerprint density at radius 3 is 2.55 bits per heavy atom. The normalized spacial score (nSPS) is 10.7. The van der Waals surface area contributed by atoms with Crippen LogP contribution in [0.3, 0.4) is 0 Å². The lowest BCUT2D eigenvalue weighted by Crippen LogP contribution is -1.94. The van der Waals surface area contributed by atoms with E-state index in [9.17, 15) is 4.79 Å². The molecule has 2 heteroatoms. The van der Waals surface area contributed by atoms with Crippen molar-refractivity contribution in [3.63, 3.8) is 0 Å². The van der Waals surface area contributed by atoms with Gasteiger partial charge in [0.15, 0.2) is 5.78 Å². The molecule has 0 bridgehead atoms. The highest BCUT2D eigenvalue weighted by Crippen LogP contribution is 2.17. The molecule has 0 atom stereocenters. The van der Waals surface area contributed by atoms with E-state index in [1.165, 1.54) is 5.39 Å². The summed E-state index contributed by atoms with van der Waals surface area (Å²) in [5.41, 5.74) is 1.99. The molecule has 0 N–H and O–H groups in total. The Morgan fingerprint density at radius 2 is 1.73 bits per heavy atom. The monoisotopic (exact) mass is 283 g/mol. The Labute approximate surface area is 128 Å². The number of benzene rings is 3. The van der Waals surface area contributed by atoms with Gasteiger partial charge in [-0.05, 0) is 40.6 Å². The van der Waals surface area contributed by atoms with Crippen LogP contribution in [0.2, 0.25) is 0 Å². The van der Waals surface area contributed by atoms with Gasteiger partial charge in [0.2, 0.25) is 0 Å². The number of hydrogen-bond donors (Lipinski definition) is 0. The number of carbonyl (C=O) groups is 1. The molecular weight excluding hydrogens is 270 g/mol. The number of ketones is 1. The summed E-state index contributed by atoms with van der Waals surface area (Å²) in [4.78, 5) is 12.2. The quantitative estimate of drug-likeness (QED) is 0.520. The highest BCUT2D eigenvalue weighted by Gasteiger charge is 2.02. The molecule has 0 saturated heterocycles. The van der Waals surface area contributed by atoms with Crippen LogP contribution in [0, 0.1) is 11.3 Å². The van der Waals surface area contributed by atoms with Gasteiger partial charge in [-0.3, -0.25) is 4.79 Å². The van der Waals surface area contributed by atoms with E-state index >= 15 is 0 Å². The molecule has 0 amide bonds. The van der Waals surface area contributed by atoms with E-state index in [4.69, 9.17) is 5.26 Å². The minimum atomic E-state index is -0.106. The maximum Gasteiger partial charge on any atom is 0.185 e. The Morgan fingerprint density at radius 1 is 0.909 bits per heavy atom. The zero-order valence-electron chi connectivity index (χ0n) is 11.9. The van der Waals surface area contributed by atoms with Gasteiger partial charge in [0.1, 0.15) is 0 Å². The van der Waals surface area contributed by atoms with Gasteiger partial charge in [0, 0.05) is 5.56 Å². The van der Waals surface area contributed by atoms with E-state index in [1.54, 1.807) is 36.4 Å². The number of rotatable bonds is 3. The molecule has 0 radical (unpaired) electrons. The van der Waals surface area contributed by atoms with Crippen molar-refractivity contribution >= 4 is 22.6 Å². The molecule has 104 valence electrons. The Balaban J connectivity index is 1.85. The summed E-state index contributed by atoms with van der Waals surface area (Å²) in [6.45, 7) is 0. The summed E-state index contributed by atoms with van der Waals surface area (Å²) >= 11 is 0. The molecule has 3 aromatic rings. The van der Waals surface area contributed by atoms with Crippen molar-refractivity contribution in [2.75, 3.05) is 0 Å². The SMILES string of the molecule is N#Cc1cccc(C(=O)/C=C/c2ccc3ccccc3c2)c1. The van der Waals surface area contributed by atoms with Gasteiger partial charge in [-0.2, -0.15) is 5.26 Å². The minimum Gasteiger partial charge on any atom is -0.289 e. The number of hydrogen-bond acceptors (Lipinski definition) is 2. The fourth-order valence-electron chi connectivity index (χ4n) is 2.32. The summed E-state index contributed by atoms with van der Waals surface area (Å²) in [7, 11) is 0. The van der Waals surface area contributed by atoms with Crippen molar-refractivity contribution in [2.45, 2.75) is 0 Å². The van der Waals surface area contributed by atoms with Crippen LogP contribution in [0.5, 0.6) is 0 Å². The van der Waals surface area contributed by atoms with Crippen LogP contribution in [-0.4, -0.2) is 5.78 Å². The molecule has 3 aromatic carbocycles. The lowest BCUT2D eigenvalue weighted by molar-refractivity contribution is 0.104. The highest BCUT2D eigenvalue weighted by atomic mass is 16.1. The van der Waals surface area contributed by atoms with E-state index < -0.39 is 0 Å². The summed E-state index contributed by atoms with van der Waals surface area (Å²) in [5.74, 6) is -0.106. The summed E-state index contributed by atoms with van der Waals surface area (Å²) in [5, 5.41) is 11.2. The second-order valence-corrected chi connectivity index (χ2v) is 5.00. The van der Waals surface area contributed by atoms with Crippen LogP contribution in [-0.2, 0) is 0 Å². The second kappa shape index (κ2) is 6.07. The Hall–Kier alpha value is -3.18. The molecule has 22 heavy (non-hydrogen) atoms. The first kappa shape index (κ1) is 13.8. The lowest BCUT2D eigenvalue weighted by Gasteiger charge is -1.99.